The van der Waals surface area contributed by atoms with Crippen molar-refractivity contribution in [3.05, 3.63) is 77.9 Å². The Morgan fingerprint density at radius 2 is 0.960 bits per heavy atom. The standard InChI is InChI=1S/C22H23NO2/c1-16-5-9-18(10-6-16)23(19-11-7-17(2)8-12-19)20-13-21(24-3)15-22(14-20)25-4/h5-15H,1-4H3. The monoisotopic (exact) mass is 333 g/mol. The quantitative estimate of drug-likeness (QED) is 0.590. The van der Waals surface area contributed by atoms with Gasteiger partial charge in [0.15, 0.2) is 0 Å². The van der Waals surface area contributed by atoms with Gasteiger partial charge in [0, 0.05) is 29.6 Å². The molecule has 3 aromatic rings. The minimum Gasteiger partial charge on any atom is -0.497 e. The summed E-state index contributed by atoms with van der Waals surface area (Å²) >= 11 is 0. The molecule has 25 heavy (non-hydrogen) atoms. The van der Waals surface area contributed by atoms with Crippen LogP contribution in [0.15, 0.2) is 66.7 Å². The lowest BCUT2D eigenvalue weighted by molar-refractivity contribution is 0.394. The van der Waals surface area contributed by atoms with E-state index in [0.29, 0.717) is 0 Å². The van der Waals surface area contributed by atoms with Crippen LogP contribution in [-0.2, 0) is 0 Å². The van der Waals surface area contributed by atoms with Crippen molar-refractivity contribution < 1.29 is 9.47 Å². The number of anilines is 3. The van der Waals surface area contributed by atoms with E-state index in [2.05, 4.69) is 67.3 Å². The van der Waals surface area contributed by atoms with Crippen molar-refractivity contribution in [1.29, 1.82) is 0 Å². The van der Waals surface area contributed by atoms with E-state index in [1.54, 1.807) is 14.2 Å². The summed E-state index contributed by atoms with van der Waals surface area (Å²) < 4.78 is 10.9. The zero-order valence-electron chi connectivity index (χ0n) is 15.1. The van der Waals surface area contributed by atoms with E-state index in [1.807, 2.05) is 18.2 Å². The molecule has 0 N–H and O–H groups in total. The molecule has 0 amide bonds. The van der Waals surface area contributed by atoms with Crippen LogP contribution >= 0.6 is 0 Å². The lowest BCUT2D eigenvalue weighted by atomic mass is 10.1. The van der Waals surface area contributed by atoms with Crippen LogP contribution in [0.5, 0.6) is 11.5 Å². The summed E-state index contributed by atoms with van der Waals surface area (Å²) in [6, 6.07) is 22.9. The van der Waals surface area contributed by atoms with E-state index < -0.39 is 0 Å². The Hall–Kier alpha value is -2.94. The first-order valence-electron chi connectivity index (χ1n) is 8.27. The van der Waals surface area contributed by atoms with Crippen molar-refractivity contribution in [2.75, 3.05) is 19.1 Å². The number of benzene rings is 3. The molecule has 3 rings (SSSR count). The molecule has 0 bridgehead atoms. The highest BCUT2D eigenvalue weighted by molar-refractivity contribution is 5.78. The summed E-state index contributed by atoms with van der Waals surface area (Å²) in [7, 11) is 3.33. The third kappa shape index (κ3) is 3.77. The normalized spacial score (nSPS) is 10.4. The molecule has 3 aromatic carbocycles. The number of methoxy groups -OCH3 is 2. The Labute approximate surface area is 149 Å². The van der Waals surface area contributed by atoms with Crippen molar-refractivity contribution in [2.24, 2.45) is 0 Å². The van der Waals surface area contributed by atoms with Gasteiger partial charge in [-0.15, -0.1) is 0 Å². The zero-order valence-corrected chi connectivity index (χ0v) is 15.1. The maximum Gasteiger partial charge on any atom is 0.124 e. The molecule has 0 atom stereocenters. The molecule has 3 nitrogen and oxygen atoms in total. The van der Waals surface area contributed by atoms with Gasteiger partial charge in [-0.1, -0.05) is 35.4 Å². The molecule has 0 saturated heterocycles. The second-order valence-electron chi connectivity index (χ2n) is 6.08. The van der Waals surface area contributed by atoms with Crippen molar-refractivity contribution in [1.82, 2.24) is 0 Å². The maximum absolute atomic E-state index is 5.45. The predicted molar refractivity (Wildman–Crippen MR) is 104 cm³/mol. The Bertz CT molecular complexity index is 771. The van der Waals surface area contributed by atoms with E-state index in [4.69, 9.17) is 9.47 Å². The molecule has 0 aliphatic rings. The molecular formula is C22H23NO2. The van der Waals surface area contributed by atoms with E-state index in [9.17, 15) is 0 Å². The summed E-state index contributed by atoms with van der Waals surface area (Å²) in [5.41, 5.74) is 5.63. The van der Waals surface area contributed by atoms with Gasteiger partial charge in [-0.05, 0) is 38.1 Å². The lowest BCUT2D eigenvalue weighted by Gasteiger charge is -2.26. The molecule has 0 aliphatic carbocycles. The van der Waals surface area contributed by atoms with Gasteiger partial charge in [-0.3, -0.25) is 0 Å². The summed E-state index contributed by atoms with van der Waals surface area (Å²) in [5, 5.41) is 0. The SMILES string of the molecule is COc1cc(OC)cc(N(c2ccc(C)cc2)c2ccc(C)cc2)c1. The first-order chi connectivity index (χ1) is 12.1. The van der Waals surface area contributed by atoms with E-state index in [1.165, 1.54) is 11.1 Å². The molecular weight excluding hydrogens is 310 g/mol. The van der Waals surface area contributed by atoms with Crippen LogP contribution in [0.1, 0.15) is 11.1 Å². The van der Waals surface area contributed by atoms with Gasteiger partial charge in [-0.2, -0.15) is 0 Å². The van der Waals surface area contributed by atoms with Crippen molar-refractivity contribution in [2.45, 2.75) is 13.8 Å². The number of aryl methyl sites for hydroxylation is 2. The highest BCUT2D eigenvalue weighted by Gasteiger charge is 2.14. The molecule has 128 valence electrons. The maximum atomic E-state index is 5.45. The highest BCUT2D eigenvalue weighted by atomic mass is 16.5. The Morgan fingerprint density at radius 3 is 1.32 bits per heavy atom. The largest absolute Gasteiger partial charge is 0.497 e. The summed E-state index contributed by atoms with van der Waals surface area (Å²) in [5.74, 6) is 1.53. The topological polar surface area (TPSA) is 21.7 Å². The number of ether oxygens (including phenoxy) is 2. The van der Waals surface area contributed by atoms with Crippen LogP contribution in [0.25, 0.3) is 0 Å². The molecule has 0 fully saturated rings. The number of rotatable bonds is 5. The van der Waals surface area contributed by atoms with Crippen LogP contribution in [0.4, 0.5) is 17.1 Å². The second-order valence-corrected chi connectivity index (χ2v) is 6.08. The van der Waals surface area contributed by atoms with Crippen molar-refractivity contribution in [3.63, 3.8) is 0 Å². The van der Waals surface area contributed by atoms with Gasteiger partial charge in [0.05, 0.1) is 19.9 Å². The zero-order chi connectivity index (χ0) is 17.8. The molecule has 0 spiro atoms. The smallest absolute Gasteiger partial charge is 0.124 e. The molecule has 0 aliphatic heterocycles. The van der Waals surface area contributed by atoms with E-state index >= 15 is 0 Å². The van der Waals surface area contributed by atoms with Gasteiger partial charge in [0.2, 0.25) is 0 Å². The Balaban J connectivity index is 2.17. The van der Waals surface area contributed by atoms with Gasteiger partial charge in [0.25, 0.3) is 0 Å². The highest BCUT2D eigenvalue weighted by Crippen LogP contribution is 2.38. The summed E-state index contributed by atoms with van der Waals surface area (Å²) in [4.78, 5) is 2.20. The van der Waals surface area contributed by atoms with Crippen LogP contribution in [0.2, 0.25) is 0 Å². The average molecular weight is 333 g/mol. The summed E-state index contributed by atoms with van der Waals surface area (Å²) in [6.07, 6.45) is 0. The predicted octanol–water partition coefficient (Wildman–Crippen LogP) is 5.79. The van der Waals surface area contributed by atoms with Gasteiger partial charge in [0.1, 0.15) is 11.5 Å². The number of hydrogen-bond donors (Lipinski definition) is 0. The second kappa shape index (κ2) is 7.31. The van der Waals surface area contributed by atoms with E-state index in [0.717, 1.165) is 28.6 Å². The Morgan fingerprint density at radius 1 is 0.560 bits per heavy atom. The molecule has 0 radical (unpaired) electrons. The minimum atomic E-state index is 0.763. The third-order valence-electron chi connectivity index (χ3n) is 4.18. The van der Waals surface area contributed by atoms with Gasteiger partial charge < -0.3 is 14.4 Å². The fraction of sp³-hybridized carbons (Fsp3) is 0.182. The van der Waals surface area contributed by atoms with Crippen LogP contribution < -0.4 is 14.4 Å². The first-order valence-corrected chi connectivity index (χ1v) is 8.27. The summed E-state index contributed by atoms with van der Waals surface area (Å²) in [6.45, 7) is 4.18. The average Bonchev–Trinajstić information content (AvgIpc) is 2.64. The molecule has 0 aromatic heterocycles. The molecule has 0 heterocycles. The molecule has 3 heteroatoms. The fourth-order valence-corrected chi connectivity index (χ4v) is 2.76. The van der Waals surface area contributed by atoms with Crippen LogP contribution in [0, 0.1) is 13.8 Å². The van der Waals surface area contributed by atoms with Crippen molar-refractivity contribution in [3.8, 4) is 11.5 Å². The lowest BCUT2D eigenvalue weighted by Crippen LogP contribution is -2.10. The van der Waals surface area contributed by atoms with Crippen LogP contribution in [-0.4, -0.2) is 14.2 Å². The van der Waals surface area contributed by atoms with E-state index in [-0.39, 0.29) is 0 Å². The van der Waals surface area contributed by atoms with Gasteiger partial charge >= 0.3 is 0 Å². The number of nitrogens with zero attached hydrogens (tertiary/aromatic N) is 1. The molecule has 0 saturated carbocycles. The number of hydrogen-bond acceptors (Lipinski definition) is 3. The molecule has 0 unspecified atom stereocenters. The van der Waals surface area contributed by atoms with Gasteiger partial charge in [-0.25, -0.2) is 0 Å². The third-order valence-corrected chi connectivity index (χ3v) is 4.18. The Kier molecular flexibility index (Phi) is 4.94. The first kappa shape index (κ1) is 16.9. The van der Waals surface area contributed by atoms with Crippen molar-refractivity contribution >= 4 is 17.1 Å². The fourth-order valence-electron chi connectivity index (χ4n) is 2.76. The minimum absolute atomic E-state index is 0.763. The van der Waals surface area contributed by atoms with Crippen LogP contribution in [0.3, 0.4) is 0 Å².